The fourth-order valence-corrected chi connectivity index (χ4v) is 3.74. The van der Waals surface area contributed by atoms with E-state index in [0.29, 0.717) is 29.1 Å². The second-order valence-electron chi connectivity index (χ2n) is 9.22. The largest absolute Gasteiger partial charge is 0.443 e. The zero-order valence-electron chi connectivity index (χ0n) is 19.5. The standard InChI is InChI=1S/C26H25F4N3O2/c1-25(2,3)35-24(34)32(16-17-4-10-20(27)11-5-17)21-12-13-33-23(14-21)22(15-31-33)18-6-8-19(9-7-18)26(28,29)30/h4-14,31H,15-16H2,1-3H3. The number of carbonyl (C=O) groups is 1. The van der Waals surface area contributed by atoms with Gasteiger partial charge in [0.15, 0.2) is 0 Å². The number of nitrogens with zero attached hydrogens (tertiary/aromatic N) is 2. The average Bonchev–Trinajstić information content (AvgIpc) is 3.20. The molecule has 2 aliphatic heterocycles. The molecule has 0 bridgehead atoms. The lowest BCUT2D eigenvalue weighted by molar-refractivity contribution is -0.137. The van der Waals surface area contributed by atoms with Gasteiger partial charge in [-0.05, 0) is 68.3 Å². The molecule has 0 saturated carbocycles. The van der Waals surface area contributed by atoms with Gasteiger partial charge in [0.1, 0.15) is 11.4 Å². The van der Waals surface area contributed by atoms with Crippen LogP contribution in [0.25, 0.3) is 5.57 Å². The Balaban J connectivity index is 1.70. The Hall–Kier alpha value is -3.59. The number of rotatable bonds is 4. The summed E-state index contributed by atoms with van der Waals surface area (Å²) in [7, 11) is 0. The van der Waals surface area contributed by atoms with Crippen molar-refractivity contribution in [3.05, 3.63) is 101 Å². The number of alkyl halides is 3. The predicted octanol–water partition coefficient (Wildman–Crippen LogP) is 6.22. The smallest absolute Gasteiger partial charge is 0.416 e. The Labute approximate surface area is 200 Å². The third kappa shape index (κ3) is 5.74. The third-order valence-electron chi connectivity index (χ3n) is 5.41. The van der Waals surface area contributed by atoms with Gasteiger partial charge < -0.3 is 4.74 Å². The van der Waals surface area contributed by atoms with Crippen LogP contribution in [0.5, 0.6) is 0 Å². The van der Waals surface area contributed by atoms with Gasteiger partial charge >= 0.3 is 12.3 Å². The Morgan fingerprint density at radius 1 is 1.06 bits per heavy atom. The molecule has 9 heteroatoms. The predicted molar refractivity (Wildman–Crippen MR) is 124 cm³/mol. The Morgan fingerprint density at radius 2 is 1.71 bits per heavy atom. The summed E-state index contributed by atoms with van der Waals surface area (Å²) < 4.78 is 57.9. The molecule has 2 aliphatic rings. The summed E-state index contributed by atoms with van der Waals surface area (Å²) in [6.07, 6.45) is 0.267. The Bertz CT molecular complexity index is 1190. The highest BCUT2D eigenvalue weighted by atomic mass is 19.4. The molecule has 1 amide bonds. The molecule has 0 saturated heterocycles. The van der Waals surface area contributed by atoms with E-state index in [4.69, 9.17) is 4.74 Å². The van der Waals surface area contributed by atoms with Gasteiger partial charge in [-0.2, -0.15) is 13.2 Å². The molecule has 2 aromatic carbocycles. The SMILES string of the molecule is CC(C)(C)OC(=O)N(Cc1ccc(F)cc1)C1=CC2=C(c3ccc(C(F)(F)F)cc3)CNN2C=C1. The number of hydrazine groups is 1. The van der Waals surface area contributed by atoms with Crippen molar-refractivity contribution in [3.8, 4) is 0 Å². The summed E-state index contributed by atoms with van der Waals surface area (Å²) in [6.45, 7) is 5.83. The number of fused-ring (bicyclic) bond motifs is 1. The fraction of sp³-hybridized carbons (Fsp3) is 0.269. The van der Waals surface area contributed by atoms with Gasteiger partial charge in [0.2, 0.25) is 0 Å². The van der Waals surface area contributed by atoms with Gasteiger partial charge in [0, 0.05) is 18.3 Å². The number of benzene rings is 2. The Kier molecular flexibility index (Phi) is 6.46. The molecule has 35 heavy (non-hydrogen) atoms. The van der Waals surface area contributed by atoms with Gasteiger partial charge in [0.25, 0.3) is 0 Å². The number of halogens is 4. The zero-order valence-corrected chi connectivity index (χ0v) is 19.5. The van der Waals surface area contributed by atoms with Crippen LogP contribution in [0.4, 0.5) is 22.4 Å². The van der Waals surface area contributed by atoms with E-state index in [9.17, 15) is 22.4 Å². The quantitative estimate of drug-likeness (QED) is 0.520. The maximum atomic E-state index is 13.4. The van der Waals surface area contributed by atoms with Crippen LogP contribution in [0.3, 0.4) is 0 Å². The van der Waals surface area contributed by atoms with Gasteiger partial charge in [-0.3, -0.25) is 9.91 Å². The van der Waals surface area contributed by atoms with E-state index in [-0.39, 0.29) is 12.4 Å². The molecule has 0 aliphatic carbocycles. The summed E-state index contributed by atoms with van der Waals surface area (Å²) in [5.74, 6) is -0.381. The molecule has 5 nitrogen and oxygen atoms in total. The minimum Gasteiger partial charge on any atom is -0.443 e. The molecule has 0 radical (unpaired) electrons. The zero-order chi connectivity index (χ0) is 25.4. The van der Waals surface area contributed by atoms with Gasteiger partial charge in [-0.25, -0.2) is 14.6 Å². The van der Waals surface area contributed by atoms with Gasteiger partial charge in [-0.15, -0.1) is 0 Å². The molecule has 1 N–H and O–H groups in total. The molecule has 0 unspecified atom stereocenters. The van der Waals surface area contributed by atoms with Crippen LogP contribution in [0.2, 0.25) is 0 Å². The highest BCUT2D eigenvalue weighted by Gasteiger charge is 2.31. The summed E-state index contributed by atoms with van der Waals surface area (Å²) >= 11 is 0. The van der Waals surface area contributed by atoms with Crippen LogP contribution in [-0.4, -0.2) is 28.1 Å². The lowest BCUT2D eigenvalue weighted by Gasteiger charge is -2.30. The first-order valence-corrected chi connectivity index (χ1v) is 11.0. The highest BCUT2D eigenvalue weighted by molar-refractivity contribution is 5.76. The van der Waals surface area contributed by atoms with Crippen LogP contribution in [0.15, 0.2) is 78.3 Å². The van der Waals surface area contributed by atoms with Crippen molar-refractivity contribution in [3.63, 3.8) is 0 Å². The van der Waals surface area contributed by atoms with E-state index in [1.165, 1.54) is 29.2 Å². The number of carbonyl (C=O) groups excluding carboxylic acids is 1. The number of hydrogen-bond acceptors (Lipinski definition) is 4. The van der Waals surface area contributed by atoms with Crippen LogP contribution in [-0.2, 0) is 17.5 Å². The van der Waals surface area contributed by atoms with Crippen molar-refractivity contribution >= 4 is 11.7 Å². The first kappa shape index (κ1) is 24.5. The molecular weight excluding hydrogens is 462 g/mol. The van der Waals surface area contributed by atoms with Crippen molar-refractivity contribution in [1.82, 2.24) is 15.3 Å². The normalized spacial score (nSPS) is 15.7. The highest BCUT2D eigenvalue weighted by Crippen LogP contribution is 2.34. The molecule has 0 fully saturated rings. The van der Waals surface area contributed by atoms with Gasteiger partial charge in [0.05, 0.1) is 23.5 Å². The maximum absolute atomic E-state index is 13.4. The minimum absolute atomic E-state index is 0.141. The van der Waals surface area contributed by atoms with Gasteiger partial charge in [-0.1, -0.05) is 24.3 Å². The van der Waals surface area contributed by atoms with E-state index >= 15 is 0 Å². The van der Waals surface area contributed by atoms with E-state index in [1.54, 1.807) is 56.3 Å². The fourth-order valence-electron chi connectivity index (χ4n) is 3.74. The number of allylic oxidation sites excluding steroid dienone is 2. The van der Waals surface area contributed by atoms with Crippen molar-refractivity contribution in [2.45, 2.75) is 39.1 Å². The summed E-state index contributed by atoms with van der Waals surface area (Å²) in [5, 5.41) is 1.75. The van der Waals surface area contributed by atoms with Crippen molar-refractivity contribution in [2.75, 3.05) is 6.54 Å². The van der Waals surface area contributed by atoms with E-state index in [2.05, 4.69) is 5.43 Å². The summed E-state index contributed by atoms with van der Waals surface area (Å²) in [5.41, 5.74) is 5.07. The average molecular weight is 487 g/mol. The monoisotopic (exact) mass is 487 g/mol. The molecule has 0 aromatic heterocycles. The van der Waals surface area contributed by atoms with E-state index in [0.717, 1.165) is 17.7 Å². The molecule has 0 atom stereocenters. The summed E-state index contributed by atoms with van der Waals surface area (Å²) in [4.78, 5) is 14.6. The van der Waals surface area contributed by atoms with Crippen molar-refractivity contribution < 1.29 is 27.1 Å². The third-order valence-corrected chi connectivity index (χ3v) is 5.41. The van der Waals surface area contributed by atoms with E-state index in [1.807, 2.05) is 0 Å². The van der Waals surface area contributed by atoms with Crippen LogP contribution >= 0.6 is 0 Å². The topological polar surface area (TPSA) is 44.8 Å². The van der Waals surface area contributed by atoms with Crippen LogP contribution in [0, 0.1) is 5.82 Å². The number of amides is 1. The first-order chi connectivity index (χ1) is 16.4. The molecule has 2 heterocycles. The second-order valence-corrected chi connectivity index (χ2v) is 9.22. The second kappa shape index (κ2) is 9.22. The van der Waals surface area contributed by atoms with E-state index < -0.39 is 23.4 Å². The Morgan fingerprint density at radius 3 is 2.31 bits per heavy atom. The number of hydrogen-bond donors (Lipinski definition) is 1. The number of nitrogens with one attached hydrogen (secondary N) is 1. The maximum Gasteiger partial charge on any atom is 0.416 e. The molecule has 4 rings (SSSR count). The van der Waals surface area contributed by atoms with Crippen LogP contribution < -0.4 is 5.43 Å². The van der Waals surface area contributed by atoms with Crippen molar-refractivity contribution in [1.29, 1.82) is 0 Å². The molecule has 184 valence electrons. The number of ether oxygens (including phenoxy) is 1. The lowest BCUT2D eigenvalue weighted by atomic mass is 10.0. The lowest BCUT2D eigenvalue weighted by Crippen LogP contribution is -2.37. The van der Waals surface area contributed by atoms with Crippen LogP contribution in [0.1, 0.15) is 37.5 Å². The molecule has 0 spiro atoms. The minimum atomic E-state index is -4.41. The summed E-state index contributed by atoms with van der Waals surface area (Å²) in [6, 6.07) is 10.8. The van der Waals surface area contributed by atoms with Crippen molar-refractivity contribution in [2.24, 2.45) is 0 Å². The first-order valence-electron chi connectivity index (χ1n) is 11.0. The molecule has 2 aromatic rings. The molecular formula is C26H25F4N3O2.